The summed E-state index contributed by atoms with van der Waals surface area (Å²) in [5.41, 5.74) is 2.17. The van der Waals surface area contributed by atoms with E-state index in [1.807, 2.05) is 26.8 Å². The van der Waals surface area contributed by atoms with E-state index in [2.05, 4.69) is 20.8 Å². The topological polar surface area (TPSA) is 71.4 Å². The van der Waals surface area contributed by atoms with Crippen LogP contribution in [0.5, 0.6) is 5.75 Å². The van der Waals surface area contributed by atoms with Gasteiger partial charge in [0.1, 0.15) is 5.75 Å². The summed E-state index contributed by atoms with van der Waals surface area (Å²) in [6.07, 6.45) is 0. The molecule has 2 aromatic rings. The van der Waals surface area contributed by atoms with Gasteiger partial charge in [-0.15, -0.1) is 0 Å². The Morgan fingerprint density at radius 1 is 0.786 bits per heavy atom. The van der Waals surface area contributed by atoms with E-state index in [0.717, 1.165) is 5.56 Å². The SMILES string of the molecule is CC(C)(C)c1cc(C2C(=O)C(=O)C(=O)c3ccccc32)c(O)c(C(C)(C)C)c1. The molecule has 4 heteroatoms. The molecule has 0 saturated heterocycles. The fourth-order valence-corrected chi connectivity index (χ4v) is 3.65. The van der Waals surface area contributed by atoms with E-state index in [0.29, 0.717) is 16.7 Å². The highest BCUT2D eigenvalue weighted by Gasteiger charge is 2.42. The van der Waals surface area contributed by atoms with Crippen molar-refractivity contribution in [3.63, 3.8) is 0 Å². The lowest BCUT2D eigenvalue weighted by atomic mass is 9.72. The maximum Gasteiger partial charge on any atom is 0.270 e. The van der Waals surface area contributed by atoms with Gasteiger partial charge in [-0.3, -0.25) is 14.4 Å². The van der Waals surface area contributed by atoms with Crippen molar-refractivity contribution >= 4 is 17.3 Å². The summed E-state index contributed by atoms with van der Waals surface area (Å²) in [5, 5.41) is 11.1. The molecule has 0 radical (unpaired) electrons. The third kappa shape index (κ3) is 3.17. The summed E-state index contributed by atoms with van der Waals surface area (Å²) in [7, 11) is 0. The molecule has 1 aliphatic rings. The van der Waals surface area contributed by atoms with Gasteiger partial charge in [-0.2, -0.15) is 0 Å². The van der Waals surface area contributed by atoms with Crippen molar-refractivity contribution in [1.82, 2.24) is 0 Å². The Bertz CT molecular complexity index is 1000. The van der Waals surface area contributed by atoms with Crippen LogP contribution in [0.3, 0.4) is 0 Å². The summed E-state index contributed by atoms with van der Waals surface area (Å²) in [6, 6.07) is 10.4. The Labute approximate surface area is 165 Å². The molecule has 0 heterocycles. The quantitative estimate of drug-likeness (QED) is 0.744. The lowest BCUT2D eigenvalue weighted by Gasteiger charge is -2.30. The molecule has 28 heavy (non-hydrogen) atoms. The van der Waals surface area contributed by atoms with Gasteiger partial charge in [-0.1, -0.05) is 77.9 Å². The van der Waals surface area contributed by atoms with E-state index in [1.165, 1.54) is 0 Å². The molecule has 1 N–H and O–H groups in total. The second kappa shape index (κ2) is 6.40. The van der Waals surface area contributed by atoms with E-state index >= 15 is 0 Å². The number of fused-ring (bicyclic) bond motifs is 1. The fraction of sp³-hybridized carbons (Fsp3) is 0.375. The van der Waals surface area contributed by atoms with Crippen molar-refractivity contribution < 1.29 is 19.5 Å². The van der Waals surface area contributed by atoms with Crippen molar-refractivity contribution in [1.29, 1.82) is 0 Å². The zero-order chi connectivity index (χ0) is 21.0. The number of phenols is 1. The lowest BCUT2D eigenvalue weighted by molar-refractivity contribution is -0.134. The number of phenolic OH excluding ortho intramolecular Hbond substituents is 1. The molecule has 0 bridgehead atoms. The zero-order valence-corrected chi connectivity index (χ0v) is 17.2. The van der Waals surface area contributed by atoms with Crippen LogP contribution in [0.15, 0.2) is 36.4 Å². The molecule has 0 aromatic heterocycles. The minimum Gasteiger partial charge on any atom is -0.507 e. The Morgan fingerprint density at radius 3 is 1.96 bits per heavy atom. The van der Waals surface area contributed by atoms with Gasteiger partial charge in [0.2, 0.25) is 11.6 Å². The van der Waals surface area contributed by atoms with Gasteiger partial charge in [-0.25, -0.2) is 0 Å². The molecule has 0 aliphatic heterocycles. The monoisotopic (exact) mass is 378 g/mol. The summed E-state index contributed by atoms with van der Waals surface area (Å²) in [5.74, 6) is -3.56. The minimum atomic E-state index is -1.03. The Hall–Kier alpha value is -2.75. The van der Waals surface area contributed by atoms with Crippen LogP contribution in [0, 0.1) is 0 Å². The molecule has 0 saturated carbocycles. The number of Topliss-reactive ketones (excluding diaryl/α,β-unsaturated/α-hetero) is 3. The first-order chi connectivity index (χ1) is 12.8. The molecule has 0 fully saturated rings. The average Bonchev–Trinajstić information content (AvgIpc) is 2.59. The Morgan fingerprint density at radius 2 is 1.39 bits per heavy atom. The fourth-order valence-electron chi connectivity index (χ4n) is 3.65. The normalized spacial score (nSPS) is 17.6. The van der Waals surface area contributed by atoms with Crippen LogP contribution in [-0.2, 0) is 20.4 Å². The standard InChI is InChI=1S/C24H26O4/c1-23(2,3)13-11-16(19(25)17(12-13)24(4,5)6)18-14-9-7-8-10-15(14)20(26)22(28)21(18)27/h7-12,18,25H,1-6H3. The van der Waals surface area contributed by atoms with Crippen LogP contribution in [0.4, 0.5) is 0 Å². The van der Waals surface area contributed by atoms with Gasteiger partial charge in [0.25, 0.3) is 5.78 Å². The van der Waals surface area contributed by atoms with Crippen molar-refractivity contribution in [3.05, 3.63) is 64.2 Å². The molecule has 1 atom stereocenters. The second-order valence-corrected chi connectivity index (χ2v) is 9.50. The van der Waals surface area contributed by atoms with E-state index in [4.69, 9.17) is 0 Å². The van der Waals surface area contributed by atoms with Gasteiger partial charge in [-0.05, 0) is 27.5 Å². The number of carbonyl (C=O) groups excluding carboxylic acids is 3. The lowest BCUT2D eigenvalue weighted by Crippen LogP contribution is -2.36. The molecule has 0 spiro atoms. The van der Waals surface area contributed by atoms with E-state index < -0.39 is 23.3 Å². The second-order valence-electron chi connectivity index (χ2n) is 9.50. The number of ketones is 3. The first-order valence-electron chi connectivity index (χ1n) is 9.43. The molecule has 1 aliphatic carbocycles. The van der Waals surface area contributed by atoms with Crippen molar-refractivity contribution in [2.45, 2.75) is 58.3 Å². The van der Waals surface area contributed by atoms with Crippen LogP contribution >= 0.6 is 0 Å². The molecule has 4 nitrogen and oxygen atoms in total. The molecule has 0 amide bonds. The van der Waals surface area contributed by atoms with E-state index in [-0.39, 0.29) is 22.1 Å². The number of carbonyl (C=O) groups is 3. The Kier molecular flexibility index (Phi) is 4.57. The van der Waals surface area contributed by atoms with Crippen LogP contribution in [0.2, 0.25) is 0 Å². The summed E-state index contributed by atoms with van der Waals surface area (Å²) < 4.78 is 0. The van der Waals surface area contributed by atoms with E-state index in [1.54, 1.807) is 30.3 Å². The molecule has 2 aromatic carbocycles. The molecule has 146 valence electrons. The number of aromatic hydroxyl groups is 1. The highest BCUT2D eigenvalue weighted by atomic mass is 16.3. The van der Waals surface area contributed by atoms with Gasteiger partial charge in [0.05, 0.1) is 5.92 Å². The largest absolute Gasteiger partial charge is 0.507 e. The third-order valence-electron chi connectivity index (χ3n) is 5.33. The van der Waals surface area contributed by atoms with Gasteiger partial charge >= 0.3 is 0 Å². The highest BCUT2D eigenvalue weighted by Crippen LogP contribution is 2.44. The predicted octanol–water partition coefficient (Wildman–Crippen LogP) is 4.45. The van der Waals surface area contributed by atoms with Crippen molar-refractivity contribution in [3.8, 4) is 5.75 Å². The van der Waals surface area contributed by atoms with Crippen molar-refractivity contribution in [2.24, 2.45) is 0 Å². The van der Waals surface area contributed by atoms with Crippen molar-refractivity contribution in [2.75, 3.05) is 0 Å². The minimum absolute atomic E-state index is 0.0100. The number of hydrogen-bond acceptors (Lipinski definition) is 4. The maximum atomic E-state index is 12.9. The average molecular weight is 378 g/mol. The maximum absolute atomic E-state index is 12.9. The first-order valence-corrected chi connectivity index (χ1v) is 9.43. The predicted molar refractivity (Wildman–Crippen MR) is 108 cm³/mol. The third-order valence-corrected chi connectivity index (χ3v) is 5.33. The zero-order valence-electron chi connectivity index (χ0n) is 17.2. The van der Waals surface area contributed by atoms with Crippen LogP contribution in [0.1, 0.15) is 80.1 Å². The summed E-state index contributed by atoms with van der Waals surface area (Å²) in [6.45, 7) is 12.1. The summed E-state index contributed by atoms with van der Waals surface area (Å²) >= 11 is 0. The van der Waals surface area contributed by atoms with Gasteiger partial charge in [0, 0.05) is 11.1 Å². The highest BCUT2D eigenvalue weighted by molar-refractivity contribution is 6.69. The summed E-state index contributed by atoms with van der Waals surface area (Å²) in [4.78, 5) is 37.6. The van der Waals surface area contributed by atoms with Crippen LogP contribution in [0.25, 0.3) is 0 Å². The van der Waals surface area contributed by atoms with Crippen LogP contribution in [-0.4, -0.2) is 22.5 Å². The van der Waals surface area contributed by atoms with Crippen LogP contribution < -0.4 is 0 Å². The van der Waals surface area contributed by atoms with Gasteiger partial charge in [0.15, 0.2) is 0 Å². The molecule has 1 unspecified atom stereocenters. The first kappa shape index (κ1) is 20.0. The molecular weight excluding hydrogens is 352 g/mol. The number of rotatable bonds is 1. The Balaban J connectivity index is 2.37. The molecular formula is C24H26O4. The smallest absolute Gasteiger partial charge is 0.270 e. The van der Waals surface area contributed by atoms with Gasteiger partial charge < -0.3 is 5.11 Å². The van der Waals surface area contributed by atoms with E-state index in [9.17, 15) is 19.5 Å². The molecule has 3 rings (SSSR count). The number of benzene rings is 2. The number of hydrogen-bond donors (Lipinski definition) is 1.